The Labute approximate surface area is 168 Å². The summed E-state index contributed by atoms with van der Waals surface area (Å²) in [6.45, 7) is 10.6. The van der Waals surface area contributed by atoms with Crippen molar-refractivity contribution in [3.63, 3.8) is 0 Å². The third-order valence-electron chi connectivity index (χ3n) is 4.98. The van der Waals surface area contributed by atoms with Gasteiger partial charge in [0.2, 0.25) is 0 Å². The Kier molecular flexibility index (Phi) is 7.18. The molecule has 0 saturated carbocycles. The fraction of sp³-hybridized carbons (Fsp3) is 0.478. The number of benzene rings is 2. The van der Waals surface area contributed by atoms with Gasteiger partial charge in [0.25, 0.3) is 0 Å². The first-order chi connectivity index (χ1) is 13.6. The molecule has 5 heteroatoms. The van der Waals surface area contributed by atoms with Crippen LogP contribution in [0.2, 0.25) is 0 Å². The lowest BCUT2D eigenvalue weighted by molar-refractivity contribution is 0.122. The van der Waals surface area contributed by atoms with Crippen molar-refractivity contribution in [2.75, 3.05) is 38.3 Å². The maximum absolute atomic E-state index is 5.80. The van der Waals surface area contributed by atoms with E-state index in [0.717, 1.165) is 44.3 Å². The zero-order valence-corrected chi connectivity index (χ0v) is 17.4. The normalized spacial score (nSPS) is 15.5. The molecule has 1 atom stereocenters. The Morgan fingerprint density at radius 2 is 1.71 bits per heavy atom. The number of hydrogen-bond acceptors (Lipinski definition) is 5. The van der Waals surface area contributed by atoms with Crippen molar-refractivity contribution in [1.82, 2.24) is 5.32 Å². The maximum atomic E-state index is 5.80. The first-order valence-electron chi connectivity index (χ1n) is 10.1. The van der Waals surface area contributed by atoms with Crippen LogP contribution in [-0.2, 0) is 11.3 Å². The summed E-state index contributed by atoms with van der Waals surface area (Å²) >= 11 is 0. The first-order valence-corrected chi connectivity index (χ1v) is 10.1. The predicted molar refractivity (Wildman–Crippen MR) is 113 cm³/mol. The van der Waals surface area contributed by atoms with Crippen LogP contribution < -0.4 is 19.7 Å². The average molecular weight is 385 g/mol. The molecular weight excluding hydrogens is 352 g/mol. The second kappa shape index (κ2) is 9.80. The highest BCUT2D eigenvalue weighted by atomic mass is 16.5. The van der Waals surface area contributed by atoms with Crippen molar-refractivity contribution < 1.29 is 14.2 Å². The van der Waals surface area contributed by atoms with Crippen LogP contribution >= 0.6 is 0 Å². The van der Waals surface area contributed by atoms with E-state index in [1.807, 2.05) is 19.9 Å². The summed E-state index contributed by atoms with van der Waals surface area (Å²) in [4.78, 5) is 2.37. The van der Waals surface area contributed by atoms with Crippen LogP contribution in [0.5, 0.6) is 11.5 Å². The lowest BCUT2D eigenvalue weighted by atomic mass is 10.1. The van der Waals surface area contributed by atoms with Gasteiger partial charge in [0.1, 0.15) is 0 Å². The van der Waals surface area contributed by atoms with Crippen LogP contribution in [0.25, 0.3) is 0 Å². The molecule has 1 N–H and O–H groups in total. The van der Waals surface area contributed by atoms with E-state index in [9.17, 15) is 0 Å². The molecule has 2 aromatic carbocycles. The SMILES string of the molecule is COc1cc([C@H](C)NCc2ccc(N3CCOCC3)cc2)ccc1OC(C)C. The van der Waals surface area contributed by atoms with E-state index in [1.54, 1.807) is 7.11 Å². The quantitative estimate of drug-likeness (QED) is 0.740. The van der Waals surface area contributed by atoms with Crippen molar-refractivity contribution in [2.24, 2.45) is 0 Å². The Balaban J connectivity index is 1.58. The van der Waals surface area contributed by atoms with Gasteiger partial charge in [-0.2, -0.15) is 0 Å². The van der Waals surface area contributed by atoms with Gasteiger partial charge < -0.3 is 24.4 Å². The van der Waals surface area contributed by atoms with E-state index >= 15 is 0 Å². The largest absolute Gasteiger partial charge is 0.493 e. The summed E-state index contributed by atoms with van der Waals surface area (Å²) in [5.41, 5.74) is 3.72. The minimum Gasteiger partial charge on any atom is -0.493 e. The van der Waals surface area contributed by atoms with Crippen LogP contribution in [0.1, 0.15) is 37.9 Å². The van der Waals surface area contributed by atoms with Crippen LogP contribution in [-0.4, -0.2) is 39.5 Å². The summed E-state index contributed by atoms with van der Waals surface area (Å²) in [6.07, 6.45) is 0.121. The Hall–Kier alpha value is -2.24. The van der Waals surface area contributed by atoms with E-state index < -0.39 is 0 Å². The molecule has 1 fully saturated rings. The molecule has 3 rings (SSSR count). The molecule has 1 saturated heterocycles. The predicted octanol–water partition coefficient (Wildman–Crippen LogP) is 4.17. The topological polar surface area (TPSA) is 43.0 Å². The van der Waals surface area contributed by atoms with Gasteiger partial charge in [0.15, 0.2) is 11.5 Å². The molecule has 1 aliphatic heterocycles. The zero-order valence-electron chi connectivity index (χ0n) is 17.4. The molecule has 2 aromatic rings. The summed E-state index contributed by atoms with van der Waals surface area (Å²) in [6, 6.07) is 15.2. The molecule has 1 aliphatic rings. The van der Waals surface area contributed by atoms with Gasteiger partial charge >= 0.3 is 0 Å². The molecule has 5 nitrogen and oxygen atoms in total. The molecule has 0 radical (unpaired) electrons. The summed E-state index contributed by atoms with van der Waals surface area (Å²) in [5, 5.41) is 3.60. The van der Waals surface area contributed by atoms with Gasteiger partial charge in [0.05, 0.1) is 26.4 Å². The van der Waals surface area contributed by atoms with Gasteiger partial charge in [-0.3, -0.25) is 0 Å². The molecule has 152 valence electrons. The van der Waals surface area contributed by atoms with E-state index in [4.69, 9.17) is 14.2 Å². The van der Waals surface area contributed by atoms with E-state index in [0.29, 0.717) is 0 Å². The molecule has 0 amide bonds. The standard InChI is InChI=1S/C23H32N2O3/c1-17(2)28-22-10-7-20(15-23(22)26-4)18(3)24-16-19-5-8-21(9-6-19)25-11-13-27-14-12-25/h5-10,15,17-18,24H,11-14,16H2,1-4H3/t18-/m0/s1. The molecule has 0 unspecified atom stereocenters. The third kappa shape index (κ3) is 5.40. The smallest absolute Gasteiger partial charge is 0.161 e. The number of ether oxygens (including phenoxy) is 3. The van der Waals surface area contributed by atoms with E-state index in [2.05, 4.69) is 53.5 Å². The number of nitrogens with zero attached hydrogens (tertiary/aromatic N) is 1. The van der Waals surface area contributed by atoms with Crippen LogP contribution in [0, 0.1) is 0 Å². The molecule has 0 aromatic heterocycles. The van der Waals surface area contributed by atoms with Gasteiger partial charge in [-0.05, 0) is 56.2 Å². The lowest BCUT2D eigenvalue weighted by Crippen LogP contribution is -2.36. The summed E-state index contributed by atoms with van der Waals surface area (Å²) in [7, 11) is 1.68. The minimum atomic E-state index is 0.121. The second-order valence-electron chi connectivity index (χ2n) is 7.45. The highest BCUT2D eigenvalue weighted by Crippen LogP contribution is 2.31. The van der Waals surface area contributed by atoms with Crippen molar-refractivity contribution >= 4 is 5.69 Å². The Morgan fingerprint density at radius 3 is 2.36 bits per heavy atom. The monoisotopic (exact) mass is 384 g/mol. The lowest BCUT2D eigenvalue weighted by Gasteiger charge is -2.29. The minimum absolute atomic E-state index is 0.121. The average Bonchev–Trinajstić information content (AvgIpc) is 2.73. The van der Waals surface area contributed by atoms with E-state index in [1.165, 1.54) is 16.8 Å². The van der Waals surface area contributed by atoms with Crippen molar-refractivity contribution in [3.8, 4) is 11.5 Å². The number of methoxy groups -OCH3 is 1. The van der Waals surface area contributed by atoms with Gasteiger partial charge in [0, 0.05) is 31.4 Å². The van der Waals surface area contributed by atoms with Gasteiger partial charge in [-0.15, -0.1) is 0 Å². The molecule has 0 bridgehead atoms. The van der Waals surface area contributed by atoms with Crippen LogP contribution in [0.3, 0.4) is 0 Å². The Morgan fingerprint density at radius 1 is 1.00 bits per heavy atom. The maximum Gasteiger partial charge on any atom is 0.161 e. The highest BCUT2D eigenvalue weighted by molar-refractivity contribution is 5.48. The van der Waals surface area contributed by atoms with Crippen molar-refractivity contribution in [1.29, 1.82) is 0 Å². The Bertz CT molecular complexity index is 740. The highest BCUT2D eigenvalue weighted by Gasteiger charge is 2.13. The summed E-state index contributed by atoms with van der Waals surface area (Å²) < 4.78 is 16.7. The summed E-state index contributed by atoms with van der Waals surface area (Å²) in [5.74, 6) is 1.56. The molecule has 0 aliphatic carbocycles. The third-order valence-corrected chi connectivity index (χ3v) is 4.98. The van der Waals surface area contributed by atoms with Crippen molar-refractivity contribution in [3.05, 3.63) is 53.6 Å². The van der Waals surface area contributed by atoms with Crippen molar-refractivity contribution in [2.45, 2.75) is 39.5 Å². The molecular formula is C23H32N2O3. The first kappa shape index (κ1) is 20.5. The zero-order chi connectivity index (χ0) is 19.9. The van der Waals surface area contributed by atoms with Crippen LogP contribution in [0.4, 0.5) is 5.69 Å². The number of rotatable bonds is 8. The molecule has 1 heterocycles. The van der Waals surface area contributed by atoms with Gasteiger partial charge in [-0.1, -0.05) is 18.2 Å². The molecule has 0 spiro atoms. The number of hydrogen-bond donors (Lipinski definition) is 1. The number of nitrogens with one attached hydrogen (secondary N) is 1. The van der Waals surface area contributed by atoms with Crippen LogP contribution in [0.15, 0.2) is 42.5 Å². The number of anilines is 1. The van der Waals surface area contributed by atoms with E-state index in [-0.39, 0.29) is 12.1 Å². The number of morpholine rings is 1. The van der Waals surface area contributed by atoms with Gasteiger partial charge in [-0.25, -0.2) is 0 Å². The molecule has 28 heavy (non-hydrogen) atoms. The fourth-order valence-electron chi connectivity index (χ4n) is 3.34. The second-order valence-corrected chi connectivity index (χ2v) is 7.45. The fourth-order valence-corrected chi connectivity index (χ4v) is 3.34.